The zero-order chi connectivity index (χ0) is 37.9. The number of esters is 1. The van der Waals surface area contributed by atoms with Crippen molar-refractivity contribution in [3.8, 4) is 5.75 Å². The highest BCUT2D eigenvalue weighted by atomic mass is 79.9. The maximum absolute atomic E-state index is 13.0. The van der Waals surface area contributed by atoms with E-state index in [1.54, 1.807) is 11.0 Å². The van der Waals surface area contributed by atoms with E-state index in [1.165, 1.54) is 32.6 Å². The fourth-order valence-corrected chi connectivity index (χ4v) is 8.67. The number of amides is 4. The molecular formula is C40H56BrN5O7. The molecule has 2 aromatic rings. The summed E-state index contributed by atoms with van der Waals surface area (Å²) in [6.07, 6.45) is 7.86. The van der Waals surface area contributed by atoms with Gasteiger partial charge in [0, 0.05) is 56.9 Å². The second-order valence-corrected chi connectivity index (χ2v) is 15.6. The van der Waals surface area contributed by atoms with Gasteiger partial charge in [0.25, 0.3) is 0 Å². The van der Waals surface area contributed by atoms with Crippen LogP contribution in [0, 0.1) is 17.8 Å². The van der Waals surface area contributed by atoms with Crippen molar-refractivity contribution in [3.05, 3.63) is 58.1 Å². The number of phenols is 1. The van der Waals surface area contributed by atoms with Gasteiger partial charge in [0.1, 0.15) is 5.75 Å². The van der Waals surface area contributed by atoms with E-state index in [1.807, 2.05) is 47.1 Å². The van der Waals surface area contributed by atoms with Gasteiger partial charge in [-0.1, -0.05) is 31.2 Å². The van der Waals surface area contributed by atoms with Gasteiger partial charge in [-0.15, -0.1) is 0 Å². The van der Waals surface area contributed by atoms with Crippen LogP contribution < -0.4 is 5.32 Å². The van der Waals surface area contributed by atoms with Gasteiger partial charge in [-0.05, 0) is 122 Å². The van der Waals surface area contributed by atoms with Crippen molar-refractivity contribution in [1.29, 1.82) is 0 Å². The smallest absolute Gasteiger partial charge is 0.409 e. The number of fused-ring (bicyclic) bond motifs is 1. The van der Waals surface area contributed by atoms with Crippen LogP contribution in [0.15, 0.2) is 46.9 Å². The van der Waals surface area contributed by atoms with E-state index in [4.69, 9.17) is 9.47 Å². The number of carbonyl (C=O) groups excluding carboxylic acids is 4. The van der Waals surface area contributed by atoms with Gasteiger partial charge in [0.15, 0.2) is 0 Å². The van der Waals surface area contributed by atoms with Gasteiger partial charge in [-0.3, -0.25) is 9.59 Å². The summed E-state index contributed by atoms with van der Waals surface area (Å²) >= 11 is 3.35. The number of halogens is 1. The maximum atomic E-state index is 13.0. The lowest BCUT2D eigenvalue weighted by Crippen LogP contribution is -2.50. The van der Waals surface area contributed by atoms with Crippen molar-refractivity contribution in [2.75, 3.05) is 71.9 Å². The van der Waals surface area contributed by atoms with Crippen LogP contribution in [0.4, 0.5) is 15.3 Å². The number of nitrogens with one attached hydrogen (secondary N) is 1. The molecule has 290 valence electrons. The molecule has 4 amide bonds. The molecule has 0 spiro atoms. The van der Waals surface area contributed by atoms with E-state index in [9.17, 15) is 24.3 Å². The van der Waals surface area contributed by atoms with Gasteiger partial charge in [-0.25, -0.2) is 9.59 Å². The Labute approximate surface area is 322 Å². The maximum Gasteiger partial charge on any atom is 0.409 e. The monoisotopic (exact) mass is 797 g/mol. The Kier molecular flexibility index (Phi) is 14.8. The molecule has 0 unspecified atom stereocenters. The molecule has 0 bridgehead atoms. The van der Waals surface area contributed by atoms with Crippen molar-refractivity contribution in [1.82, 2.24) is 19.6 Å². The quantitative estimate of drug-likeness (QED) is 0.304. The van der Waals surface area contributed by atoms with Crippen LogP contribution in [-0.4, -0.2) is 121 Å². The second-order valence-electron chi connectivity index (χ2n) is 14.8. The Balaban J connectivity index is 0.000000216. The van der Waals surface area contributed by atoms with Crippen molar-refractivity contribution in [3.63, 3.8) is 0 Å². The number of carbonyl (C=O) groups is 4. The Morgan fingerprint density at radius 1 is 0.868 bits per heavy atom. The first kappa shape index (κ1) is 40.3. The molecule has 53 heavy (non-hydrogen) atoms. The van der Waals surface area contributed by atoms with Gasteiger partial charge < -0.3 is 39.5 Å². The second kappa shape index (κ2) is 19.5. The van der Waals surface area contributed by atoms with Crippen molar-refractivity contribution < 1.29 is 33.8 Å². The van der Waals surface area contributed by atoms with E-state index in [2.05, 4.69) is 32.2 Å². The first-order chi connectivity index (χ1) is 25.6. The lowest BCUT2D eigenvalue weighted by Gasteiger charge is -2.40. The number of nitrogens with zero attached hydrogens (tertiary/aromatic N) is 4. The summed E-state index contributed by atoms with van der Waals surface area (Å²) in [5, 5.41) is 12.7. The van der Waals surface area contributed by atoms with Gasteiger partial charge in [-0.2, -0.15) is 0 Å². The highest BCUT2D eigenvalue weighted by molar-refractivity contribution is 9.10. The summed E-state index contributed by atoms with van der Waals surface area (Å²) in [5.41, 5.74) is 3.13. The average molecular weight is 799 g/mol. The SMILES string of the molecule is COC(=O)CCN1CCC(C2CCN(C(=O)[C@H](C)Cc3ccc(O)c(Br)c3)CC2)CC1.COC(=O)N1CCC(N2CCc3ccccc3NC2=O)CC1. The molecular weight excluding hydrogens is 742 g/mol. The number of para-hydroxylation sites is 1. The number of benzene rings is 2. The zero-order valence-electron chi connectivity index (χ0n) is 31.4. The number of methoxy groups -OCH3 is 2. The third kappa shape index (κ3) is 11.1. The van der Waals surface area contributed by atoms with Crippen molar-refractivity contribution in [2.45, 2.75) is 70.8 Å². The number of hydrogen-bond donors (Lipinski definition) is 2. The number of anilines is 1. The Hall–Kier alpha value is -3.84. The standard InChI is InChI=1S/C24H35BrN2O4.C16H21N3O3/c1-17(15-18-3-4-22(28)21(25)16-18)24(30)27-13-7-20(8-14-27)19-5-10-26(11-6-19)12-9-23(29)31-2;1-22-16(21)18-9-7-13(8-10-18)19-11-6-12-4-2-3-5-14(12)17-15(19)20/h3-4,16-17,19-20,28H,5-15H2,1-2H3;2-5,13H,6-11H2,1H3,(H,17,20)/t17-;/m1./s1. The van der Waals surface area contributed by atoms with Crippen LogP contribution in [0.3, 0.4) is 0 Å². The predicted octanol–water partition coefficient (Wildman–Crippen LogP) is 6.15. The molecule has 3 fully saturated rings. The minimum Gasteiger partial charge on any atom is -0.507 e. The van der Waals surface area contributed by atoms with Crippen LogP contribution in [0.1, 0.15) is 63.0 Å². The predicted molar refractivity (Wildman–Crippen MR) is 207 cm³/mol. The molecule has 3 saturated heterocycles. The Bertz CT molecular complexity index is 1550. The molecule has 4 heterocycles. The lowest BCUT2D eigenvalue weighted by molar-refractivity contribution is -0.141. The third-order valence-corrected chi connectivity index (χ3v) is 12.1. The fraction of sp³-hybridized carbons (Fsp3) is 0.600. The number of rotatable bonds is 8. The summed E-state index contributed by atoms with van der Waals surface area (Å²) < 4.78 is 10.2. The van der Waals surface area contributed by atoms with Crippen molar-refractivity contribution >= 4 is 45.6 Å². The summed E-state index contributed by atoms with van der Waals surface area (Å²) in [6, 6.07) is 13.5. The van der Waals surface area contributed by atoms with Crippen LogP contribution in [0.5, 0.6) is 5.75 Å². The van der Waals surface area contributed by atoms with E-state index >= 15 is 0 Å². The molecule has 13 heteroatoms. The van der Waals surface area contributed by atoms with E-state index in [0.717, 1.165) is 82.0 Å². The van der Waals surface area contributed by atoms with Crippen molar-refractivity contribution in [2.24, 2.45) is 17.8 Å². The summed E-state index contributed by atoms with van der Waals surface area (Å²) in [6.45, 7) is 8.60. The molecule has 0 saturated carbocycles. The summed E-state index contributed by atoms with van der Waals surface area (Å²) in [7, 11) is 2.84. The van der Waals surface area contributed by atoms with Crippen LogP contribution in [0.25, 0.3) is 0 Å². The lowest BCUT2D eigenvalue weighted by atomic mass is 9.78. The normalized spacial score (nSPS) is 19.6. The average Bonchev–Trinajstić information content (AvgIpc) is 3.36. The number of aromatic hydroxyl groups is 1. The van der Waals surface area contributed by atoms with Gasteiger partial charge >= 0.3 is 18.1 Å². The molecule has 2 aromatic carbocycles. The number of piperidine rings is 3. The minimum atomic E-state index is -0.286. The van der Waals surface area contributed by atoms with E-state index in [-0.39, 0.29) is 41.7 Å². The van der Waals surface area contributed by atoms with Gasteiger partial charge in [0.2, 0.25) is 5.91 Å². The summed E-state index contributed by atoms with van der Waals surface area (Å²) in [5.74, 6) is 1.70. The Morgan fingerprint density at radius 2 is 1.51 bits per heavy atom. The number of ether oxygens (including phenoxy) is 2. The van der Waals surface area contributed by atoms with Crippen LogP contribution >= 0.6 is 15.9 Å². The first-order valence-corrected chi connectivity index (χ1v) is 19.9. The highest BCUT2D eigenvalue weighted by Gasteiger charge is 2.33. The van der Waals surface area contributed by atoms with E-state index in [0.29, 0.717) is 42.9 Å². The molecule has 6 rings (SSSR count). The molecule has 2 N–H and O–H groups in total. The zero-order valence-corrected chi connectivity index (χ0v) is 33.0. The molecule has 0 aromatic heterocycles. The van der Waals surface area contributed by atoms with Crippen LogP contribution in [-0.2, 0) is 31.9 Å². The number of urea groups is 1. The molecule has 1 atom stereocenters. The van der Waals surface area contributed by atoms with Gasteiger partial charge in [0.05, 0.1) is 25.1 Å². The topological polar surface area (TPSA) is 132 Å². The largest absolute Gasteiger partial charge is 0.507 e. The van der Waals surface area contributed by atoms with E-state index < -0.39 is 0 Å². The highest BCUT2D eigenvalue weighted by Crippen LogP contribution is 2.33. The molecule has 0 aliphatic carbocycles. The number of hydrogen-bond acceptors (Lipinski definition) is 8. The molecule has 4 aliphatic rings. The minimum absolute atomic E-state index is 0.0403. The molecule has 0 radical (unpaired) electrons. The van der Waals surface area contributed by atoms with Crippen LogP contribution in [0.2, 0.25) is 0 Å². The molecule has 4 aliphatic heterocycles. The number of likely N-dealkylation sites (tertiary alicyclic amines) is 3. The summed E-state index contributed by atoms with van der Waals surface area (Å²) in [4.78, 5) is 56.3. The fourth-order valence-electron chi connectivity index (χ4n) is 8.25. The number of phenolic OH excluding ortho intramolecular Hbond substituents is 1. The Morgan fingerprint density at radius 3 is 2.15 bits per heavy atom. The first-order valence-electron chi connectivity index (χ1n) is 19.1. The molecule has 12 nitrogen and oxygen atoms in total. The third-order valence-electron chi connectivity index (χ3n) is 11.5.